The second-order valence-electron chi connectivity index (χ2n) is 3.71. The second-order valence-corrected chi connectivity index (χ2v) is 4.56. The Morgan fingerprint density at radius 3 is 2.67 bits per heavy atom. The molecule has 0 bridgehead atoms. The van der Waals surface area contributed by atoms with E-state index in [0.29, 0.717) is 11.1 Å². The molecule has 1 aromatic heterocycles. The molecule has 94 valence electrons. The Hall–Kier alpha value is -2.08. The maximum Gasteiger partial charge on any atom is 0.238 e. The molecule has 2 rings (SSSR count). The Kier molecular flexibility index (Phi) is 3.47. The Balaban J connectivity index is 2.55. The molecular weight excluding hydrogens is 257 g/mol. The number of aromatic nitrogens is 1. The first-order valence-electron chi connectivity index (χ1n) is 5.12. The third-order valence-corrected chi connectivity index (χ3v) is 3.19. The molecule has 0 radical (unpaired) electrons. The minimum absolute atomic E-state index is 0.185. The molecule has 18 heavy (non-hydrogen) atoms. The monoisotopic (exact) mass is 266 g/mol. The number of hydrogen-bond acceptors (Lipinski definition) is 3. The lowest BCUT2D eigenvalue weighted by Crippen LogP contribution is -1.99. The summed E-state index contributed by atoms with van der Waals surface area (Å²) < 4.78 is 35.0. The normalized spacial score (nSPS) is 10.3. The summed E-state index contributed by atoms with van der Waals surface area (Å²) in [6.45, 7) is 0. The lowest BCUT2D eigenvalue weighted by molar-refractivity contribution is 0.623. The molecule has 0 aliphatic carbocycles. The molecule has 2 aromatic rings. The summed E-state index contributed by atoms with van der Waals surface area (Å²) in [6, 6.07) is 8.80. The molecule has 0 aliphatic heterocycles. The summed E-state index contributed by atoms with van der Waals surface area (Å²) in [7, 11) is -2.62. The number of pyridine rings is 1. The van der Waals surface area contributed by atoms with Crippen LogP contribution in [0.1, 0.15) is 11.1 Å². The molecule has 0 spiro atoms. The van der Waals surface area contributed by atoms with Crippen LogP contribution in [-0.4, -0.2) is 13.1 Å². The van der Waals surface area contributed by atoms with Crippen molar-refractivity contribution in [3.05, 3.63) is 69.4 Å². The van der Waals surface area contributed by atoms with Crippen LogP contribution in [0.25, 0.3) is 0 Å². The minimum Gasteiger partial charge on any atom is -0.805 e. The van der Waals surface area contributed by atoms with E-state index in [1.165, 1.54) is 30.3 Å². The summed E-state index contributed by atoms with van der Waals surface area (Å²) in [4.78, 5) is 0. The minimum atomic E-state index is -2.62. The fourth-order valence-corrected chi connectivity index (χ4v) is 2.26. The standard InChI is InChI=1S/C12H9FNO3S/c13-11-5-1-3-9(8-11)7-10-4-2-6-14(15)12(10)18(16)17/h1-6,8H,7H2/q-1. The predicted molar refractivity (Wildman–Crippen MR) is 64.6 cm³/mol. The van der Waals surface area contributed by atoms with Crippen molar-refractivity contribution in [3.63, 3.8) is 0 Å². The van der Waals surface area contributed by atoms with E-state index >= 15 is 0 Å². The van der Waals surface area contributed by atoms with E-state index in [1.807, 2.05) is 0 Å². The van der Waals surface area contributed by atoms with Gasteiger partial charge >= 0.3 is 0 Å². The molecule has 0 N–H and O–H groups in total. The first-order valence-corrected chi connectivity index (χ1v) is 6.20. The Morgan fingerprint density at radius 1 is 1.22 bits per heavy atom. The van der Waals surface area contributed by atoms with Crippen LogP contribution in [0.2, 0.25) is 0 Å². The number of halogens is 1. The highest BCUT2D eigenvalue weighted by molar-refractivity contribution is 7.63. The van der Waals surface area contributed by atoms with Crippen LogP contribution < -0.4 is 0 Å². The molecule has 1 heterocycles. The van der Waals surface area contributed by atoms with Crippen molar-refractivity contribution in [2.45, 2.75) is 6.42 Å². The van der Waals surface area contributed by atoms with Crippen LogP contribution in [0, 0.1) is 15.7 Å². The molecule has 0 saturated heterocycles. The number of benzene rings is 1. The van der Waals surface area contributed by atoms with Gasteiger partial charge in [-0.25, -0.2) is 4.39 Å². The van der Waals surface area contributed by atoms with Gasteiger partial charge in [-0.15, -0.1) is 0 Å². The summed E-state index contributed by atoms with van der Waals surface area (Å²) in [5.41, 5.74) is 0.944. The lowest BCUT2D eigenvalue weighted by Gasteiger charge is -2.12. The van der Waals surface area contributed by atoms with Gasteiger partial charge in [0.25, 0.3) is 0 Å². The Morgan fingerprint density at radius 2 is 2.00 bits per heavy atom. The van der Waals surface area contributed by atoms with Gasteiger partial charge in [0, 0.05) is 6.42 Å². The Labute approximate surface area is 104 Å². The average Bonchev–Trinajstić information content (AvgIpc) is 2.28. The molecule has 0 unspecified atom stereocenters. The zero-order valence-electron chi connectivity index (χ0n) is 9.21. The average molecular weight is 266 g/mol. The van der Waals surface area contributed by atoms with Gasteiger partial charge in [-0.2, -0.15) is 8.42 Å². The topological polar surface area (TPSA) is 62.1 Å². The molecule has 0 fully saturated rings. The summed E-state index contributed by atoms with van der Waals surface area (Å²) >= 11 is 0. The quantitative estimate of drug-likeness (QED) is 0.781. The Bertz CT molecular complexity index is 742. The van der Waals surface area contributed by atoms with E-state index in [4.69, 9.17) is 0 Å². The van der Waals surface area contributed by atoms with Crippen molar-refractivity contribution in [2.75, 3.05) is 0 Å². The smallest absolute Gasteiger partial charge is 0.238 e. The van der Waals surface area contributed by atoms with Crippen LogP contribution in [0.5, 0.6) is 0 Å². The molecule has 0 saturated carbocycles. The largest absolute Gasteiger partial charge is 0.805 e. The number of hydrogen-bond donors (Lipinski definition) is 0. The zero-order chi connectivity index (χ0) is 13.1. The van der Waals surface area contributed by atoms with E-state index in [0.717, 1.165) is 6.20 Å². The van der Waals surface area contributed by atoms with Crippen LogP contribution in [0.15, 0.2) is 42.6 Å². The maximum atomic E-state index is 13.0. The highest BCUT2D eigenvalue weighted by Gasteiger charge is 2.02. The van der Waals surface area contributed by atoms with Crippen molar-refractivity contribution in [3.8, 4) is 0 Å². The van der Waals surface area contributed by atoms with E-state index in [1.54, 1.807) is 6.07 Å². The van der Waals surface area contributed by atoms with E-state index in [9.17, 15) is 18.0 Å². The van der Waals surface area contributed by atoms with Gasteiger partial charge in [-0.3, -0.25) is 0 Å². The van der Waals surface area contributed by atoms with Crippen LogP contribution in [0.3, 0.4) is 0 Å². The summed E-state index contributed by atoms with van der Waals surface area (Å²) in [6.07, 6.45) is 1.30. The lowest BCUT2D eigenvalue weighted by atomic mass is 10.1. The van der Waals surface area contributed by atoms with Gasteiger partial charge in [0.2, 0.25) is 10.3 Å². The van der Waals surface area contributed by atoms with Crippen LogP contribution >= 0.6 is 0 Å². The second kappa shape index (κ2) is 5.05. The third kappa shape index (κ3) is 2.60. The molecule has 6 heteroatoms. The first-order chi connectivity index (χ1) is 8.58. The number of nitrogens with zero attached hydrogens (tertiary/aromatic N) is 1. The van der Waals surface area contributed by atoms with Gasteiger partial charge in [-0.1, -0.05) is 18.2 Å². The van der Waals surface area contributed by atoms with Crippen LogP contribution in [-0.2, 0) is 16.7 Å². The molecule has 0 amide bonds. The highest BCUT2D eigenvalue weighted by Crippen LogP contribution is 2.11. The highest BCUT2D eigenvalue weighted by atomic mass is 32.2. The summed E-state index contributed by atoms with van der Waals surface area (Å²) in [5, 5.41) is 11.4. The predicted octanol–water partition coefficient (Wildman–Crippen LogP) is 1.97. The van der Waals surface area contributed by atoms with Gasteiger partial charge in [0.05, 0.1) is 0 Å². The van der Waals surface area contributed by atoms with E-state index in [-0.39, 0.29) is 15.8 Å². The van der Waals surface area contributed by atoms with Crippen molar-refractivity contribution < 1.29 is 12.8 Å². The number of rotatable bonds is 2. The van der Waals surface area contributed by atoms with Crippen LogP contribution in [0.4, 0.5) is 4.39 Å². The molecular formula is C12H9FNO3S-. The summed E-state index contributed by atoms with van der Waals surface area (Å²) in [5.74, 6) is -0.400. The molecule has 1 aromatic carbocycles. The van der Waals surface area contributed by atoms with Gasteiger partial charge in [-0.05, 0) is 35.5 Å². The van der Waals surface area contributed by atoms with Gasteiger partial charge < -0.3 is 9.94 Å². The van der Waals surface area contributed by atoms with E-state index < -0.39 is 16.1 Å². The zero-order valence-corrected chi connectivity index (χ0v) is 10.0. The maximum absolute atomic E-state index is 13.0. The molecule has 4 nitrogen and oxygen atoms in total. The van der Waals surface area contributed by atoms with E-state index in [2.05, 4.69) is 0 Å². The van der Waals surface area contributed by atoms with Crippen molar-refractivity contribution in [1.82, 2.24) is 4.73 Å². The van der Waals surface area contributed by atoms with Gasteiger partial charge in [0.15, 0.2) is 4.64 Å². The fraction of sp³-hybridized carbons (Fsp3) is 0.0833. The van der Waals surface area contributed by atoms with Crippen molar-refractivity contribution in [1.29, 1.82) is 0 Å². The molecule has 0 atom stereocenters. The van der Waals surface area contributed by atoms with Crippen molar-refractivity contribution in [2.24, 2.45) is 0 Å². The fourth-order valence-electron chi connectivity index (χ4n) is 1.70. The SMILES string of the molecule is O=S(=O)=c1c(Cc2cccc(F)c2)cccn1[O-]. The van der Waals surface area contributed by atoms with Crippen molar-refractivity contribution >= 4 is 10.3 Å². The van der Waals surface area contributed by atoms with Gasteiger partial charge in [0.1, 0.15) is 5.82 Å². The third-order valence-electron chi connectivity index (χ3n) is 2.44. The first kappa shape index (κ1) is 12.4. The molecule has 0 aliphatic rings.